The van der Waals surface area contributed by atoms with E-state index in [0.717, 1.165) is 5.56 Å². The van der Waals surface area contributed by atoms with Crippen molar-refractivity contribution in [2.45, 2.75) is 0 Å². The summed E-state index contributed by atoms with van der Waals surface area (Å²) in [4.78, 5) is 22.7. The van der Waals surface area contributed by atoms with Gasteiger partial charge in [-0.2, -0.15) is 5.10 Å². The lowest BCUT2D eigenvalue weighted by Crippen LogP contribution is -2.20. The number of hydrazone groups is 1. The number of carbonyl (C=O) groups excluding carboxylic acids is 1. The molecule has 7 heteroatoms. The molecule has 0 aliphatic heterocycles. The average Bonchev–Trinajstić information content (AvgIpc) is 2.71. The highest BCUT2D eigenvalue weighted by Gasteiger charge is 2.09. The fourth-order valence-corrected chi connectivity index (χ4v) is 1.59. The molecule has 6 nitrogen and oxygen atoms in total. The Kier molecular flexibility index (Phi) is 3.82. The van der Waals surface area contributed by atoms with Crippen LogP contribution in [0.3, 0.4) is 0 Å². The van der Waals surface area contributed by atoms with Gasteiger partial charge in [-0.1, -0.05) is 23.7 Å². The summed E-state index contributed by atoms with van der Waals surface area (Å²) in [7, 11) is 1.57. The lowest BCUT2D eigenvalue weighted by atomic mass is 10.2. The maximum absolute atomic E-state index is 11.7. The zero-order valence-corrected chi connectivity index (χ0v) is 10.8. The number of aryl methyl sites for hydroxylation is 1. The van der Waals surface area contributed by atoms with Crippen molar-refractivity contribution in [1.29, 1.82) is 0 Å². The molecule has 0 saturated heterocycles. The van der Waals surface area contributed by atoms with Crippen LogP contribution in [0.1, 0.15) is 16.1 Å². The Bertz CT molecular complexity index is 670. The van der Waals surface area contributed by atoms with Gasteiger partial charge in [0.15, 0.2) is 0 Å². The predicted molar refractivity (Wildman–Crippen MR) is 72.5 cm³/mol. The van der Waals surface area contributed by atoms with E-state index < -0.39 is 5.91 Å². The summed E-state index contributed by atoms with van der Waals surface area (Å²) in [6.45, 7) is 0. The second kappa shape index (κ2) is 5.53. The molecule has 19 heavy (non-hydrogen) atoms. The molecule has 1 aromatic carbocycles. The Morgan fingerprint density at radius 2 is 2.11 bits per heavy atom. The topological polar surface area (TPSA) is 79.2 Å². The van der Waals surface area contributed by atoms with Crippen molar-refractivity contribution in [3.63, 3.8) is 0 Å². The van der Waals surface area contributed by atoms with Crippen LogP contribution in [0.15, 0.2) is 40.2 Å². The van der Waals surface area contributed by atoms with E-state index in [2.05, 4.69) is 15.6 Å². The number of benzene rings is 1. The number of carbonyl (C=O) groups is 1. The van der Waals surface area contributed by atoms with E-state index in [-0.39, 0.29) is 11.3 Å². The lowest BCUT2D eigenvalue weighted by Gasteiger charge is -2.00. The number of aromatic nitrogens is 2. The molecule has 0 aliphatic carbocycles. The number of amides is 1. The molecule has 0 saturated carbocycles. The van der Waals surface area contributed by atoms with Gasteiger partial charge in [-0.3, -0.25) is 19.4 Å². The third-order valence-corrected chi connectivity index (χ3v) is 2.64. The van der Waals surface area contributed by atoms with Crippen molar-refractivity contribution in [2.24, 2.45) is 12.1 Å². The standard InChI is InChI=1S/C12H11ClN4O2/c1-17-10(6-11(18)16-17)12(19)15-14-7-8-2-4-9(13)5-3-8/h2-7H,1H3,(H,15,19)(H,16,18). The van der Waals surface area contributed by atoms with Gasteiger partial charge in [-0.05, 0) is 17.7 Å². The Hall–Kier alpha value is -2.34. The minimum atomic E-state index is -0.467. The molecule has 0 atom stereocenters. The second-order valence-corrected chi connectivity index (χ2v) is 4.25. The normalized spacial score (nSPS) is 10.8. The van der Waals surface area contributed by atoms with Gasteiger partial charge in [0.25, 0.3) is 11.5 Å². The number of hydrogen-bond acceptors (Lipinski definition) is 3. The largest absolute Gasteiger partial charge is 0.289 e. The highest BCUT2D eigenvalue weighted by atomic mass is 35.5. The fourth-order valence-electron chi connectivity index (χ4n) is 1.47. The highest BCUT2D eigenvalue weighted by molar-refractivity contribution is 6.30. The number of H-pyrrole nitrogens is 1. The fraction of sp³-hybridized carbons (Fsp3) is 0.0833. The number of nitrogens with zero attached hydrogens (tertiary/aromatic N) is 2. The summed E-state index contributed by atoms with van der Waals surface area (Å²) in [6.07, 6.45) is 1.49. The number of halogens is 1. The van der Waals surface area contributed by atoms with E-state index in [4.69, 9.17) is 11.6 Å². The first-order chi connectivity index (χ1) is 9.06. The van der Waals surface area contributed by atoms with E-state index >= 15 is 0 Å². The maximum Gasteiger partial charge on any atom is 0.289 e. The minimum absolute atomic E-state index is 0.207. The van der Waals surface area contributed by atoms with Crippen molar-refractivity contribution in [2.75, 3.05) is 0 Å². The third kappa shape index (κ3) is 3.32. The van der Waals surface area contributed by atoms with Gasteiger partial charge in [0.05, 0.1) is 6.21 Å². The first-order valence-electron chi connectivity index (χ1n) is 5.41. The third-order valence-electron chi connectivity index (χ3n) is 2.39. The summed E-state index contributed by atoms with van der Waals surface area (Å²) in [5.41, 5.74) is 3.00. The quantitative estimate of drug-likeness (QED) is 0.652. The predicted octanol–water partition coefficient (Wildman–Crippen LogP) is 1.13. The molecule has 0 aliphatic rings. The number of hydrogen-bond donors (Lipinski definition) is 2. The minimum Gasteiger partial charge on any atom is -0.283 e. The van der Waals surface area contributed by atoms with Crippen LogP contribution in [0, 0.1) is 0 Å². The van der Waals surface area contributed by atoms with Crippen molar-refractivity contribution in [1.82, 2.24) is 15.2 Å². The summed E-state index contributed by atoms with van der Waals surface area (Å²) in [5.74, 6) is -0.467. The molecule has 98 valence electrons. The van der Waals surface area contributed by atoms with E-state index in [1.54, 1.807) is 31.3 Å². The molecule has 0 fully saturated rings. The van der Waals surface area contributed by atoms with E-state index in [1.807, 2.05) is 0 Å². The van der Waals surface area contributed by atoms with Crippen molar-refractivity contribution < 1.29 is 4.79 Å². The van der Waals surface area contributed by atoms with Crippen molar-refractivity contribution in [3.8, 4) is 0 Å². The van der Waals surface area contributed by atoms with Crippen molar-refractivity contribution >= 4 is 23.7 Å². The van der Waals surface area contributed by atoms with Crippen LogP contribution in [-0.4, -0.2) is 21.9 Å². The maximum atomic E-state index is 11.7. The number of rotatable bonds is 3. The Morgan fingerprint density at radius 3 is 2.68 bits per heavy atom. The first kappa shape index (κ1) is 13.1. The van der Waals surface area contributed by atoms with Crippen LogP contribution in [0.4, 0.5) is 0 Å². The molecular weight excluding hydrogens is 268 g/mol. The molecule has 2 N–H and O–H groups in total. The molecule has 0 spiro atoms. The molecule has 1 aromatic heterocycles. The Balaban J connectivity index is 2.02. The number of nitrogens with one attached hydrogen (secondary N) is 2. The highest BCUT2D eigenvalue weighted by Crippen LogP contribution is 2.07. The lowest BCUT2D eigenvalue weighted by molar-refractivity contribution is 0.0946. The van der Waals surface area contributed by atoms with Gasteiger partial charge in [0, 0.05) is 18.1 Å². The Morgan fingerprint density at radius 1 is 1.42 bits per heavy atom. The van der Waals surface area contributed by atoms with Crippen LogP contribution in [0.5, 0.6) is 0 Å². The van der Waals surface area contributed by atoms with Gasteiger partial charge >= 0.3 is 0 Å². The average molecular weight is 279 g/mol. The van der Waals surface area contributed by atoms with Gasteiger partial charge in [0.1, 0.15) is 5.69 Å². The van der Waals surface area contributed by atoms with Crippen LogP contribution in [0.25, 0.3) is 0 Å². The molecule has 0 radical (unpaired) electrons. The van der Waals surface area contributed by atoms with Gasteiger partial charge < -0.3 is 0 Å². The first-order valence-corrected chi connectivity index (χ1v) is 5.79. The van der Waals surface area contributed by atoms with Crippen LogP contribution >= 0.6 is 11.6 Å². The zero-order chi connectivity index (χ0) is 13.8. The molecular formula is C12H11ClN4O2. The zero-order valence-electron chi connectivity index (χ0n) is 10.1. The van der Waals surface area contributed by atoms with E-state index in [0.29, 0.717) is 5.02 Å². The molecule has 2 aromatic rings. The van der Waals surface area contributed by atoms with Gasteiger partial charge in [0.2, 0.25) is 0 Å². The molecule has 0 unspecified atom stereocenters. The van der Waals surface area contributed by atoms with Crippen LogP contribution < -0.4 is 11.0 Å². The van der Waals surface area contributed by atoms with Gasteiger partial charge in [-0.25, -0.2) is 5.43 Å². The molecule has 2 rings (SSSR count). The molecule has 1 amide bonds. The monoisotopic (exact) mass is 278 g/mol. The SMILES string of the molecule is Cn1[nH]c(=O)cc1C(=O)NN=Cc1ccc(Cl)cc1. The van der Waals surface area contributed by atoms with E-state index in [1.165, 1.54) is 17.0 Å². The van der Waals surface area contributed by atoms with Gasteiger partial charge in [-0.15, -0.1) is 0 Å². The summed E-state index contributed by atoms with van der Waals surface area (Å²) < 4.78 is 1.33. The second-order valence-electron chi connectivity index (χ2n) is 3.82. The van der Waals surface area contributed by atoms with Crippen LogP contribution in [0.2, 0.25) is 5.02 Å². The summed E-state index contributed by atoms with van der Waals surface area (Å²) in [6, 6.07) is 8.18. The smallest absolute Gasteiger partial charge is 0.283 e. The molecule has 0 bridgehead atoms. The summed E-state index contributed by atoms with van der Waals surface area (Å²) >= 11 is 5.75. The van der Waals surface area contributed by atoms with Crippen molar-refractivity contribution in [3.05, 3.63) is 57.0 Å². The van der Waals surface area contributed by atoms with Crippen LogP contribution in [-0.2, 0) is 7.05 Å². The molecule has 1 heterocycles. The van der Waals surface area contributed by atoms with E-state index in [9.17, 15) is 9.59 Å². The Labute approximate surface area is 113 Å². The summed E-state index contributed by atoms with van der Waals surface area (Å²) in [5, 5.41) is 6.87. The number of aromatic amines is 1.